The van der Waals surface area contributed by atoms with E-state index in [9.17, 15) is 9.90 Å². The van der Waals surface area contributed by atoms with Crippen LogP contribution in [0.15, 0.2) is 74.7 Å². The summed E-state index contributed by atoms with van der Waals surface area (Å²) in [5.74, 6) is 0.621. The van der Waals surface area contributed by atoms with Crippen molar-refractivity contribution in [2.24, 2.45) is 15.9 Å². The number of benzene rings is 1. The molecule has 2 aromatic rings. The van der Waals surface area contributed by atoms with Crippen LogP contribution in [0.2, 0.25) is 0 Å². The van der Waals surface area contributed by atoms with Crippen LogP contribution >= 0.6 is 11.3 Å². The number of phenols is 1. The lowest BCUT2D eigenvalue weighted by Gasteiger charge is -2.33. The second-order valence-corrected chi connectivity index (χ2v) is 9.26. The molecule has 0 saturated carbocycles. The summed E-state index contributed by atoms with van der Waals surface area (Å²) in [6.45, 7) is 4.51. The fourth-order valence-electron chi connectivity index (χ4n) is 4.01. The molecule has 1 aromatic heterocycles. The number of aliphatic imine (C=N–C) groups is 2. The van der Waals surface area contributed by atoms with Gasteiger partial charge in [-0.2, -0.15) is 0 Å². The van der Waals surface area contributed by atoms with E-state index in [1.165, 1.54) is 11.3 Å². The van der Waals surface area contributed by atoms with Gasteiger partial charge in [-0.15, -0.1) is 11.3 Å². The number of phenolic OH excluding ortho intramolecular Hbond substituents is 1. The van der Waals surface area contributed by atoms with Crippen molar-refractivity contribution < 1.29 is 9.90 Å². The summed E-state index contributed by atoms with van der Waals surface area (Å²) in [6.07, 6.45) is 5.60. The first-order valence-corrected chi connectivity index (χ1v) is 12.0. The van der Waals surface area contributed by atoms with Crippen molar-refractivity contribution in [3.8, 4) is 5.75 Å². The van der Waals surface area contributed by atoms with Gasteiger partial charge in [0.15, 0.2) is 0 Å². The molecule has 2 aliphatic rings. The normalized spacial score (nSPS) is 24.6. The Balaban J connectivity index is 1.49. The molecule has 168 valence electrons. The van der Waals surface area contributed by atoms with Crippen LogP contribution in [0.3, 0.4) is 0 Å². The summed E-state index contributed by atoms with van der Waals surface area (Å²) >= 11 is 1.49. The number of piperidine rings is 1. The summed E-state index contributed by atoms with van der Waals surface area (Å²) in [7, 11) is 6.10. The third-order valence-electron chi connectivity index (χ3n) is 5.84. The topological polar surface area (TPSA) is 77.3 Å². The Hall–Kier alpha value is -3.13. The van der Waals surface area contributed by atoms with Gasteiger partial charge in [0.05, 0.1) is 17.1 Å². The molecule has 4 rings (SSSR count). The number of hydrogen-bond acceptors (Lipinski definition) is 6. The summed E-state index contributed by atoms with van der Waals surface area (Å²) < 4.78 is 0. The highest BCUT2D eigenvalue weighted by Crippen LogP contribution is 2.22. The average Bonchev–Trinajstić information content (AvgIpc) is 3.37. The second kappa shape index (κ2) is 10.7. The molecule has 0 aliphatic carbocycles. The molecule has 1 aromatic carbocycles. The van der Waals surface area contributed by atoms with Crippen LogP contribution < -0.4 is 5.32 Å². The first kappa shape index (κ1) is 23.0. The highest BCUT2D eigenvalue weighted by Gasteiger charge is 2.25. The molecule has 33 heavy (non-hydrogen) atoms. The van der Waals surface area contributed by atoms with Crippen molar-refractivity contribution >= 4 is 37.0 Å². The first-order valence-electron chi connectivity index (χ1n) is 11.1. The summed E-state index contributed by atoms with van der Waals surface area (Å²) in [4.78, 5) is 24.6. The fraction of sp³-hybridized carbons (Fsp3) is 0.320. The number of allylic oxidation sites excluding steroid dienone is 3. The van der Waals surface area contributed by atoms with Crippen LogP contribution in [0.4, 0.5) is 0 Å². The minimum atomic E-state index is 0.118. The minimum absolute atomic E-state index is 0.118. The van der Waals surface area contributed by atoms with Gasteiger partial charge in [0.2, 0.25) is 0 Å². The summed E-state index contributed by atoms with van der Waals surface area (Å²) in [5, 5.41) is 15.8. The van der Waals surface area contributed by atoms with Gasteiger partial charge in [0.25, 0.3) is 5.91 Å². The third-order valence-corrected chi connectivity index (χ3v) is 6.70. The number of nitrogens with one attached hydrogen (secondary N) is 1. The average molecular weight is 458 g/mol. The molecule has 1 unspecified atom stereocenters. The Morgan fingerprint density at radius 3 is 2.94 bits per heavy atom. The molecule has 1 amide bonds. The highest BCUT2D eigenvalue weighted by molar-refractivity contribution is 7.12. The van der Waals surface area contributed by atoms with Crippen molar-refractivity contribution in [1.82, 2.24) is 10.2 Å². The molecule has 2 N–H and O–H groups in total. The number of amides is 1. The van der Waals surface area contributed by atoms with Crippen LogP contribution in [0.5, 0.6) is 5.75 Å². The molecular formula is C25H27BN4O2S. The van der Waals surface area contributed by atoms with E-state index in [0.717, 1.165) is 43.1 Å². The van der Waals surface area contributed by atoms with Gasteiger partial charge >= 0.3 is 0 Å². The Bertz CT molecular complexity index is 1120. The minimum Gasteiger partial charge on any atom is -0.507 e. The standard InChI is InChI=1S/C25H27BN4O2S/c1-17-21(26)15-27-14-19(12-22(29-17)20-7-2-3-8-23(20)31)28-13-18-6-4-10-30(16-18)25(32)24-9-5-11-33-24/h2-3,5,7-9,11-12,15,18,28,31H,4,6,10,13-14,16H2,1H3/b19-12+,21-17-,27-15?,29-22+. The molecule has 0 bridgehead atoms. The largest absolute Gasteiger partial charge is 0.507 e. The van der Waals surface area contributed by atoms with Crippen molar-refractivity contribution in [2.75, 3.05) is 26.2 Å². The van der Waals surface area contributed by atoms with Crippen molar-refractivity contribution in [3.63, 3.8) is 0 Å². The SMILES string of the molecule is [B]\C1=C(C)/N=C(c2ccccc2O)\C=C(\NCC2CCCN(C(=O)c3cccs3)C2)CN=C1. The number of aromatic hydroxyl groups is 1. The van der Waals surface area contributed by atoms with Crippen LogP contribution in [0.1, 0.15) is 35.0 Å². The van der Waals surface area contributed by atoms with Gasteiger partial charge in [-0.3, -0.25) is 14.8 Å². The maximum absolute atomic E-state index is 12.8. The fourth-order valence-corrected chi connectivity index (χ4v) is 4.70. The van der Waals surface area contributed by atoms with Crippen LogP contribution in [-0.2, 0) is 0 Å². The lowest BCUT2D eigenvalue weighted by molar-refractivity contribution is 0.0679. The molecule has 1 saturated heterocycles. The zero-order chi connectivity index (χ0) is 23.2. The van der Waals surface area contributed by atoms with E-state index in [1.807, 2.05) is 47.5 Å². The third kappa shape index (κ3) is 5.82. The molecule has 2 aliphatic heterocycles. The molecule has 3 heterocycles. The van der Waals surface area contributed by atoms with Crippen LogP contribution in [-0.4, -0.2) is 61.9 Å². The van der Waals surface area contributed by atoms with E-state index in [4.69, 9.17) is 7.85 Å². The number of nitrogens with zero attached hydrogens (tertiary/aromatic N) is 3. The van der Waals surface area contributed by atoms with Crippen molar-refractivity contribution in [1.29, 1.82) is 0 Å². The lowest BCUT2D eigenvalue weighted by Crippen LogP contribution is -2.42. The van der Waals surface area contributed by atoms with Crippen LogP contribution in [0, 0.1) is 5.92 Å². The van der Waals surface area contributed by atoms with E-state index in [2.05, 4.69) is 15.3 Å². The van der Waals surface area contributed by atoms with Gasteiger partial charge < -0.3 is 15.3 Å². The molecule has 1 fully saturated rings. The number of carbonyl (C=O) groups excluding carboxylic acids is 1. The monoisotopic (exact) mass is 458 g/mol. The Labute approximate surface area is 199 Å². The molecule has 6 nitrogen and oxygen atoms in total. The maximum Gasteiger partial charge on any atom is 0.263 e. The molecule has 2 radical (unpaired) electrons. The summed E-state index contributed by atoms with van der Waals surface area (Å²) in [5.41, 5.74) is 3.28. The van der Waals surface area contributed by atoms with Gasteiger partial charge in [-0.1, -0.05) is 23.7 Å². The smallest absolute Gasteiger partial charge is 0.263 e. The number of para-hydroxylation sites is 1. The quantitative estimate of drug-likeness (QED) is 0.670. The van der Waals surface area contributed by atoms with Gasteiger partial charge in [-0.25, -0.2) is 0 Å². The predicted molar refractivity (Wildman–Crippen MR) is 135 cm³/mol. The molecule has 8 heteroatoms. The maximum atomic E-state index is 12.8. The van der Waals surface area contributed by atoms with E-state index in [-0.39, 0.29) is 11.7 Å². The number of likely N-dealkylation sites (tertiary alicyclic amines) is 1. The van der Waals surface area contributed by atoms with Crippen molar-refractivity contribution in [3.05, 3.63) is 75.2 Å². The van der Waals surface area contributed by atoms with Gasteiger partial charge in [-0.05, 0) is 55.3 Å². The lowest BCUT2D eigenvalue weighted by atomic mass is 9.95. The van der Waals surface area contributed by atoms with E-state index in [0.29, 0.717) is 34.9 Å². The number of thiophene rings is 1. The molecule has 0 spiro atoms. The molecule has 1 atom stereocenters. The zero-order valence-electron chi connectivity index (χ0n) is 18.7. The first-order chi connectivity index (χ1) is 16.0. The zero-order valence-corrected chi connectivity index (χ0v) is 19.5. The Kier molecular flexibility index (Phi) is 7.45. The Morgan fingerprint density at radius 1 is 1.30 bits per heavy atom. The van der Waals surface area contributed by atoms with Crippen molar-refractivity contribution in [2.45, 2.75) is 19.8 Å². The number of rotatable bonds is 5. The van der Waals surface area contributed by atoms with Crippen LogP contribution in [0.25, 0.3) is 0 Å². The highest BCUT2D eigenvalue weighted by atomic mass is 32.1. The summed E-state index contributed by atoms with van der Waals surface area (Å²) in [6, 6.07) is 10.9. The van der Waals surface area contributed by atoms with Gasteiger partial charge in [0.1, 0.15) is 13.6 Å². The van der Waals surface area contributed by atoms with E-state index < -0.39 is 0 Å². The van der Waals surface area contributed by atoms with E-state index >= 15 is 0 Å². The number of carbonyl (C=O) groups is 1. The Morgan fingerprint density at radius 2 is 2.15 bits per heavy atom. The predicted octanol–water partition coefficient (Wildman–Crippen LogP) is 3.75. The molecular weight excluding hydrogens is 431 g/mol. The van der Waals surface area contributed by atoms with Gasteiger partial charge in [0, 0.05) is 42.8 Å². The number of hydrogen-bond donors (Lipinski definition) is 2. The second-order valence-electron chi connectivity index (χ2n) is 8.31. The van der Waals surface area contributed by atoms with E-state index in [1.54, 1.807) is 18.3 Å².